The molecule has 0 spiro atoms. The second-order valence-electron chi connectivity index (χ2n) is 11.8. The van der Waals surface area contributed by atoms with Crippen molar-refractivity contribution in [3.63, 3.8) is 0 Å². The maximum Gasteiger partial charge on any atom is 4.00 e. The fourth-order valence-corrected chi connectivity index (χ4v) is 2.47. The molecule has 0 bridgehead atoms. The second-order valence-corrected chi connectivity index (χ2v) is 11.8. The topological polar surface area (TPSA) is 134 Å². The Kier molecular flexibility index (Phi) is 20.2. The molecule has 8 heteroatoms. The van der Waals surface area contributed by atoms with Gasteiger partial charge in [-0.1, -0.05) is 104 Å². The molecule has 35 heavy (non-hydrogen) atoms. The van der Waals surface area contributed by atoms with Gasteiger partial charge in [0.25, 0.3) is 0 Å². The van der Waals surface area contributed by atoms with Crippen LogP contribution in [-0.4, -0.2) is 41.4 Å². The van der Waals surface area contributed by atoms with Crippen LogP contribution in [0.15, 0.2) is 9.98 Å². The summed E-state index contributed by atoms with van der Waals surface area (Å²) < 4.78 is 0. The van der Waals surface area contributed by atoms with Crippen molar-refractivity contribution in [1.82, 2.24) is 0 Å². The number of carboxylic acid groups (broad SMARTS) is 1. The molecule has 1 aliphatic heterocycles. The fraction of sp³-hybridized carbons (Fsp3) is 0.889. The van der Waals surface area contributed by atoms with Crippen LogP contribution in [0.25, 0.3) is 0 Å². The van der Waals surface area contributed by atoms with Crippen LogP contribution in [0.5, 0.6) is 0 Å². The van der Waals surface area contributed by atoms with Crippen LogP contribution in [0.3, 0.4) is 0 Å². The van der Waals surface area contributed by atoms with Crippen LogP contribution >= 0.6 is 0 Å². The molecular formula is C27H52N2O5Ti. The molecule has 0 fully saturated rings. The third-order valence-corrected chi connectivity index (χ3v) is 5.15. The van der Waals surface area contributed by atoms with Crippen LogP contribution in [0.2, 0.25) is 0 Å². The Morgan fingerprint density at radius 3 is 1.03 bits per heavy atom. The summed E-state index contributed by atoms with van der Waals surface area (Å²) in [6.07, 6.45) is 0.496. The number of hydrogen-bond acceptors (Lipinski definition) is 7. The summed E-state index contributed by atoms with van der Waals surface area (Å²) in [7, 11) is 0. The summed E-state index contributed by atoms with van der Waals surface area (Å²) in [6.45, 7) is 27.8. The molecule has 204 valence electrons. The predicted molar refractivity (Wildman–Crippen MR) is 136 cm³/mol. The number of carboxylic acids is 1. The van der Waals surface area contributed by atoms with Gasteiger partial charge in [0.1, 0.15) is 0 Å². The van der Waals surface area contributed by atoms with Gasteiger partial charge < -0.3 is 25.2 Å². The first-order valence-corrected chi connectivity index (χ1v) is 12.3. The Morgan fingerprint density at radius 2 is 0.914 bits per heavy atom. The van der Waals surface area contributed by atoms with Crippen molar-refractivity contribution in [2.45, 2.75) is 141 Å². The molecule has 0 aromatic rings. The molecule has 0 saturated carbocycles. The number of hydrogen-bond donors (Lipinski definition) is 0. The van der Waals surface area contributed by atoms with E-state index < -0.39 is 35.4 Å². The van der Waals surface area contributed by atoms with E-state index in [0.717, 1.165) is 24.3 Å². The van der Waals surface area contributed by atoms with Crippen molar-refractivity contribution in [2.75, 3.05) is 0 Å². The number of aliphatic imine (C=N–C) groups is 2. The van der Waals surface area contributed by atoms with Crippen LogP contribution in [-0.2, 0) is 26.5 Å². The van der Waals surface area contributed by atoms with Crippen molar-refractivity contribution < 1.29 is 46.9 Å². The Labute approximate surface area is 230 Å². The number of carbonyl (C=O) groups excluding carboxylic acids is 1. The molecular weight excluding hydrogens is 480 g/mol. The summed E-state index contributed by atoms with van der Waals surface area (Å²) in [6, 6.07) is 0. The van der Waals surface area contributed by atoms with Gasteiger partial charge in [-0.15, -0.1) is 18.3 Å². The zero-order chi connectivity index (χ0) is 28.3. The van der Waals surface area contributed by atoms with E-state index in [9.17, 15) is 25.2 Å². The first-order valence-electron chi connectivity index (χ1n) is 12.3. The molecule has 0 aliphatic carbocycles. The van der Waals surface area contributed by atoms with E-state index in [1.54, 1.807) is 41.5 Å². The van der Waals surface area contributed by atoms with Crippen LogP contribution in [0, 0.1) is 16.2 Å². The van der Waals surface area contributed by atoms with Gasteiger partial charge >= 0.3 is 21.7 Å². The van der Waals surface area contributed by atoms with E-state index in [0.29, 0.717) is 0 Å². The van der Waals surface area contributed by atoms with Gasteiger partial charge in [-0.25, -0.2) is 0 Å². The third kappa shape index (κ3) is 15.3. The third-order valence-electron chi connectivity index (χ3n) is 5.15. The predicted octanol–water partition coefficient (Wildman–Crippen LogP) is 2.51. The average molecular weight is 533 g/mol. The van der Waals surface area contributed by atoms with E-state index in [1.165, 1.54) is 0 Å². The molecule has 0 N–H and O–H groups in total. The molecule has 0 aromatic heterocycles. The van der Waals surface area contributed by atoms with Crippen LogP contribution in [0.1, 0.15) is 117 Å². The monoisotopic (exact) mass is 532 g/mol. The first kappa shape index (κ1) is 41.5. The average Bonchev–Trinajstić information content (AvgIpc) is 3.04. The zero-order valence-electron chi connectivity index (χ0n) is 25.1. The maximum absolute atomic E-state index is 12.0. The van der Waals surface area contributed by atoms with Gasteiger partial charge in [-0.2, -0.15) is 0 Å². The van der Waals surface area contributed by atoms with E-state index in [1.807, 2.05) is 20.8 Å². The quantitative estimate of drug-likeness (QED) is 0.502. The van der Waals surface area contributed by atoms with Gasteiger partial charge in [-0.3, -0.25) is 9.98 Å². The second kappa shape index (κ2) is 17.0. The minimum Gasteiger partial charge on any atom is -0.852 e. The number of rotatable bonds is 5. The molecule has 0 atom stereocenters. The van der Waals surface area contributed by atoms with Crippen molar-refractivity contribution in [2.24, 2.45) is 26.2 Å². The van der Waals surface area contributed by atoms with Gasteiger partial charge in [0.05, 0.1) is 17.4 Å². The first-order chi connectivity index (χ1) is 14.9. The van der Waals surface area contributed by atoms with Gasteiger partial charge in [0.15, 0.2) is 5.66 Å². The Bertz CT molecular complexity index is 606. The van der Waals surface area contributed by atoms with Crippen molar-refractivity contribution in [1.29, 1.82) is 0 Å². The van der Waals surface area contributed by atoms with E-state index >= 15 is 0 Å². The summed E-state index contributed by atoms with van der Waals surface area (Å²) in [5, 5.41) is 40.5. The zero-order valence-corrected chi connectivity index (χ0v) is 26.6. The standard InChI is InChI=1S/C18H32N2O2.3C3H7O.Ti/c1-10-16(6,7)12-13(17(8,9)11-2)20-18(19-12,14(21)22)15(3,4)5;3*1-3(2)4;/h10-11H2,1-9H3,(H,21,22);3*3H,1-2H3;/q;3*-1;+4/p-1. The molecule has 0 saturated heterocycles. The largest absolute Gasteiger partial charge is 4.00 e. The molecule has 0 radical (unpaired) electrons. The smallest absolute Gasteiger partial charge is 0.852 e. The summed E-state index contributed by atoms with van der Waals surface area (Å²) in [5.74, 6) is -1.22. The minimum absolute atomic E-state index is 0. The number of aliphatic carboxylic acids is 1. The molecule has 1 aliphatic rings. The Morgan fingerprint density at radius 1 is 0.714 bits per heavy atom. The van der Waals surface area contributed by atoms with Crippen molar-refractivity contribution in [3.05, 3.63) is 0 Å². The molecule has 1 rings (SSSR count). The molecule has 0 unspecified atom stereocenters. The Balaban J connectivity index is -0.000000307. The van der Waals surface area contributed by atoms with E-state index in [2.05, 4.69) is 51.5 Å². The summed E-state index contributed by atoms with van der Waals surface area (Å²) in [5.41, 5.74) is -0.966. The van der Waals surface area contributed by atoms with E-state index in [-0.39, 0.29) is 32.5 Å². The number of nitrogens with zero attached hydrogens (tertiary/aromatic N) is 2. The summed E-state index contributed by atoms with van der Waals surface area (Å²) in [4.78, 5) is 21.3. The SMILES string of the molecule is CC(C)[O-].CC(C)[O-].CC(C)[O-].CCC(C)(C)C1=NC(C(=O)[O-])(C(C)(C)C)N=C1C(C)(C)CC.[Ti+4]. The molecule has 1 heterocycles. The normalized spacial score (nSPS) is 15.0. The Hall–Kier alpha value is -0.596. The van der Waals surface area contributed by atoms with Crippen molar-refractivity contribution in [3.8, 4) is 0 Å². The van der Waals surface area contributed by atoms with Crippen LogP contribution < -0.4 is 20.4 Å². The van der Waals surface area contributed by atoms with Gasteiger partial charge in [-0.05, 0) is 12.8 Å². The van der Waals surface area contributed by atoms with Gasteiger partial charge in [0, 0.05) is 16.2 Å². The molecule has 0 aromatic carbocycles. The van der Waals surface area contributed by atoms with Crippen molar-refractivity contribution >= 4 is 17.4 Å². The minimum atomic E-state index is -1.53. The number of carbonyl (C=O) groups is 1. The molecule has 0 amide bonds. The van der Waals surface area contributed by atoms with Gasteiger partial charge in [0.2, 0.25) is 0 Å². The van der Waals surface area contributed by atoms with E-state index in [4.69, 9.17) is 0 Å². The summed E-state index contributed by atoms with van der Waals surface area (Å²) >= 11 is 0. The fourth-order valence-electron chi connectivity index (χ4n) is 2.47. The maximum atomic E-state index is 12.0. The van der Waals surface area contributed by atoms with Crippen LogP contribution in [0.4, 0.5) is 0 Å². The molecule has 7 nitrogen and oxygen atoms in total.